The number of likely N-dealkylation sites (N-methyl/N-ethyl adjacent to an activating group) is 1. The minimum absolute atomic E-state index is 0.0351. The molecule has 0 bridgehead atoms. The lowest BCUT2D eigenvalue weighted by Crippen LogP contribution is -2.41. The lowest BCUT2D eigenvalue weighted by Gasteiger charge is -2.34. The van der Waals surface area contributed by atoms with Gasteiger partial charge in [0.1, 0.15) is 0 Å². The molecule has 0 saturated heterocycles. The standard InChI is InChI=1S/C21H31NO4S/c1-22(17-8-3-2-4-9-17)21(24)18-14-16(19-10-7-13-27-19)15-20(26-18)25-12-6-5-11-23/h7,10,13-14,16-17,20,23H,2-6,8-9,11-12,15H2,1H3/t16-,20+/m1/s1. The third kappa shape index (κ3) is 5.56. The number of rotatable bonds is 8. The molecule has 1 saturated carbocycles. The maximum atomic E-state index is 13.1. The monoisotopic (exact) mass is 393 g/mol. The fourth-order valence-corrected chi connectivity index (χ4v) is 4.66. The Morgan fingerprint density at radius 3 is 2.85 bits per heavy atom. The molecule has 27 heavy (non-hydrogen) atoms. The van der Waals surface area contributed by atoms with Crippen molar-refractivity contribution in [2.45, 2.75) is 69.6 Å². The molecule has 1 aromatic heterocycles. The van der Waals surface area contributed by atoms with Gasteiger partial charge in [0.15, 0.2) is 5.76 Å². The van der Waals surface area contributed by atoms with Gasteiger partial charge >= 0.3 is 0 Å². The summed E-state index contributed by atoms with van der Waals surface area (Å²) in [6, 6.07) is 4.45. The quantitative estimate of drug-likeness (QED) is 0.677. The molecule has 3 rings (SSSR count). The summed E-state index contributed by atoms with van der Waals surface area (Å²) in [6.45, 7) is 0.699. The number of aliphatic hydroxyl groups is 1. The van der Waals surface area contributed by atoms with E-state index in [0.29, 0.717) is 31.2 Å². The van der Waals surface area contributed by atoms with E-state index in [4.69, 9.17) is 14.6 Å². The number of amides is 1. The molecule has 6 heteroatoms. The second-order valence-corrected chi connectivity index (χ2v) is 8.42. The average molecular weight is 394 g/mol. The molecule has 1 aliphatic heterocycles. The Balaban J connectivity index is 1.69. The molecule has 1 aromatic rings. The fourth-order valence-electron chi connectivity index (χ4n) is 3.85. The number of unbranched alkanes of at least 4 members (excludes halogenated alkanes) is 1. The van der Waals surface area contributed by atoms with Crippen molar-refractivity contribution in [2.75, 3.05) is 20.3 Å². The van der Waals surface area contributed by atoms with E-state index in [-0.39, 0.29) is 18.4 Å². The lowest BCUT2D eigenvalue weighted by atomic mass is 9.94. The summed E-state index contributed by atoms with van der Waals surface area (Å²) < 4.78 is 11.8. The van der Waals surface area contributed by atoms with Crippen LogP contribution in [0.25, 0.3) is 0 Å². The first-order chi connectivity index (χ1) is 13.2. The molecule has 2 aliphatic rings. The Morgan fingerprint density at radius 1 is 1.33 bits per heavy atom. The summed E-state index contributed by atoms with van der Waals surface area (Å²) in [4.78, 5) is 16.2. The van der Waals surface area contributed by atoms with E-state index in [1.54, 1.807) is 11.3 Å². The molecule has 150 valence electrons. The van der Waals surface area contributed by atoms with Crippen LogP contribution in [-0.4, -0.2) is 48.5 Å². The Hall–Kier alpha value is -1.37. The molecule has 1 N–H and O–H groups in total. The molecular weight excluding hydrogens is 362 g/mol. The first kappa shape index (κ1) is 20.4. The predicted molar refractivity (Wildman–Crippen MR) is 107 cm³/mol. The molecule has 0 radical (unpaired) electrons. The Bertz CT molecular complexity index is 610. The van der Waals surface area contributed by atoms with Crippen LogP contribution < -0.4 is 0 Å². The average Bonchev–Trinajstić information content (AvgIpc) is 3.25. The fraction of sp³-hybridized carbons (Fsp3) is 0.667. The van der Waals surface area contributed by atoms with Gasteiger partial charge in [0.2, 0.25) is 6.29 Å². The van der Waals surface area contributed by atoms with Gasteiger partial charge in [0, 0.05) is 36.9 Å². The predicted octanol–water partition coefficient (Wildman–Crippen LogP) is 4.04. The number of allylic oxidation sites excluding steroid dienone is 1. The van der Waals surface area contributed by atoms with E-state index in [2.05, 4.69) is 11.4 Å². The highest BCUT2D eigenvalue weighted by Crippen LogP contribution is 2.35. The summed E-state index contributed by atoms with van der Waals surface area (Å²) >= 11 is 1.70. The van der Waals surface area contributed by atoms with Crippen LogP contribution in [-0.2, 0) is 14.3 Å². The van der Waals surface area contributed by atoms with Gasteiger partial charge in [-0.25, -0.2) is 0 Å². The van der Waals surface area contributed by atoms with Crippen molar-refractivity contribution in [1.29, 1.82) is 0 Å². The summed E-state index contributed by atoms with van der Waals surface area (Å²) in [7, 11) is 1.90. The summed E-state index contributed by atoms with van der Waals surface area (Å²) in [5.41, 5.74) is 0. The van der Waals surface area contributed by atoms with E-state index < -0.39 is 6.29 Å². The van der Waals surface area contributed by atoms with Crippen molar-refractivity contribution < 1.29 is 19.4 Å². The van der Waals surface area contributed by atoms with E-state index in [9.17, 15) is 4.79 Å². The molecule has 0 spiro atoms. The van der Waals surface area contributed by atoms with Gasteiger partial charge in [-0.1, -0.05) is 25.3 Å². The number of carbonyl (C=O) groups is 1. The first-order valence-corrected chi connectivity index (χ1v) is 11.0. The second-order valence-electron chi connectivity index (χ2n) is 7.45. The normalized spacial score (nSPS) is 23.6. The Kier molecular flexibility index (Phi) is 7.73. The van der Waals surface area contributed by atoms with Crippen LogP contribution >= 0.6 is 11.3 Å². The largest absolute Gasteiger partial charge is 0.459 e. The number of hydrogen-bond acceptors (Lipinski definition) is 5. The van der Waals surface area contributed by atoms with Gasteiger partial charge in [-0.05, 0) is 43.2 Å². The zero-order valence-corrected chi connectivity index (χ0v) is 17.0. The van der Waals surface area contributed by atoms with Crippen molar-refractivity contribution in [3.05, 3.63) is 34.2 Å². The Labute approximate surface area is 166 Å². The van der Waals surface area contributed by atoms with Gasteiger partial charge < -0.3 is 19.5 Å². The third-order valence-electron chi connectivity index (χ3n) is 5.48. The summed E-state index contributed by atoms with van der Waals surface area (Å²) in [5.74, 6) is 0.521. The summed E-state index contributed by atoms with van der Waals surface area (Å²) in [6.07, 6.45) is 9.57. The molecule has 1 amide bonds. The van der Waals surface area contributed by atoms with E-state index >= 15 is 0 Å². The van der Waals surface area contributed by atoms with Crippen LogP contribution in [0.4, 0.5) is 0 Å². The SMILES string of the molecule is CN(C(=O)C1=C[C@@H](c2cccs2)C[C@@H](OCCCCO)O1)C1CCCCC1. The van der Waals surface area contributed by atoms with Crippen LogP contribution in [0, 0.1) is 0 Å². The third-order valence-corrected chi connectivity index (χ3v) is 6.48. The van der Waals surface area contributed by atoms with E-state index in [1.807, 2.05) is 24.1 Å². The number of carbonyl (C=O) groups excluding carboxylic acids is 1. The van der Waals surface area contributed by atoms with Crippen LogP contribution in [0.3, 0.4) is 0 Å². The number of nitrogens with zero attached hydrogens (tertiary/aromatic N) is 1. The van der Waals surface area contributed by atoms with Crippen molar-refractivity contribution in [1.82, 2.24) is 4.90 Å². The van der Waals surface area contributed by atoms with Crippen LogP contribution in [0.15, 0.2) is 29.3 Å². The van der Waals surface area contributed by atoms with Gasteiger partial charge in [0.05, 0.1) is 6.61 Å². The van der Waals surface area contributed by atoms with Crippen molar-refractivity contribution >= 4 is 17.2 Å². The topological polar surface area (TPSA) is 59.0 Å². The van der Waals surface area contributed by atoms with E-state index in [1.165, 1.54) is 24.1 Å². The van der Waals surface area contributed by atoms with Crippen molar-refractivity contribution in [3.8, 4) is 0 Å². The number of thiophene rings is 1. The minimum Gasteiger partial charge on any atom is -0.459 e. The zero-order chi connectivity index (χ0) is 19.1. The highest BCUT2D eigenvalue weighted by atomic mass is 32.1. The highest BCUT2D eigenvalue weighted by molar-refractivity contribution is 7.10. The lowest BCUT2D eigenvalue weighted by molar-refractivity contribution is -0.153. The molecule has 1 fully saturated rings. The number of aliphatic hydroxyl groups excluding tert-OH is 1. The van der Waals surface area contributed by atoms with Crippen LogP contribution in [0.2, 0.25) is 0 Å². The zero-order valence-electron chi connectivity index (χ0n) is 16.1. The molecule has 2 atom stereocenters. The summed E-state index contributed by atoms with van der Waals surface area (Å²) in [5, 5.41) is 11.0. The van der Waals surface area contributed by atoms with Gasteiger partial charge in [-0.15, -0.1) is 11.3 Å². The van der Waals surface area contributed by atoms with Gasteiger partial charge in [-0.3, -0.25) is 4.79 Å². The minimum atomic E-state index is -0.417. The number of ether oxygens (including phenoxy) is 2. The van der Waals surface area contributed by atoms with Crippen LogP contribution in [0.1, 0.15) is 62.2 Å². The molecule has 2 heterocycles. The molecule has 1 aliphatic carbocycles. The van der Waals surface area contributed by atoms with Gasteiger partial charge in [0.25, 0.3) is 5.91 Å². The van der Waals surface area contributed by atoms with Crippen molar-refractivity contribution in [3.63, 3.8) is 0 Å². The maximum Gasteiger partial charge on any atom is 0.288 e. The van der Waals surface area contributed by atoms with Crippen LogP contribution in [0.5, 0.6) is 0 Å². The molecule has 5 nitrogen and oxygen atoms in total. The van der Waals surface area contributed by atoms with E-state index in [0.717, 1.165) is 19.3 Å². The smallest absolute Gasteiger partial charge is 0.288 e. The molecular formula is C21H31NO4S. The maximum absolute atomic E-state index is 13.1. The second kappa shape index (κ2) is 10.2. The first-order valence-electron chi connectivity index (χ1n) is 10.1. The Morgan fingerprint density at radius 2 is 2.15 bits per heavy atom. The molecule has 0 unspecified atom stereocenters. The molecule has 0 aromatic carbocycles. The van der Waals surface area contributed by atoms with Crippen molar-refractivity contribution in [2.24, 2.45) is 0 Å². The highest BCUT2D eigenvalue weighted by Gasteiger charge is 2.32. The number of hydrogen-bond donors (Lipinski definition) is 1. The van der Waals surface area contributed by atoms with Gasteiger partial charge in [-0.2, -0.15) is 0 Å².